The van der Waals surface area contributed by atoms with E-state index >= 15 is 0 Å². The fourth-order valence-corrected chi connectivity index (χ4v) is 0.745. The molecule has 0 aliphatic rings. The second kappa shape index (κ2) is 13.0. The summed E-state index contributed by atoms with van der Waals surface area (Å²) in [4.78, 5) is 19.6. The van der Waals surface area contributed by atoms with Crippen LogP contribution in [0.15, 0.2) is 11.6 Å². The first kappa shape index (κ1) is 16.5. The number of hydrogen-bond acceptors (Lipinski definition) is 3. The smallest absolute Gasteiger partial charge is 0.145 e. The van der Waals surface area contributed by atoms with Crippen LogP contribution in [0.5, 0.6) is 0 Å². The lowest BCUT2D eigenvalue weighted by molar-refractivity contribution is -0.109. The summed E-state index contributed by atoms with van der Waals surface area (Å²) in [5.41, 5.74) is 0.928. The van der Waals surface area contributed by atoms with Crippen LogP contribution in [0.4, 0.5) is 0 Å². The second-order valence-electron chi connectivity index (χ2n) is 3.29. The van der Waals surface area contributed by atoms with Crippen molar-refractivity contribution >= 4 is 12.6 Å². The average Bonchev–Trinajstić information content (AvgIpc) is 2.20. The van der Waals surface area contributed by atoms with Crippen molar-refractivity contribution in [3.8, 4) is 0 Å². The summed E-state index contributed by atoms with van der Waals surface area (Å²) in [6.07, 6.45) is 6.44. The van der Waals surface area contributed by atoms with Gasteiger partial charge < -0.3 is 9.90 Å². The van der Waals surface area contributed by atoms with Crippen LogP contribution in [0, 0.1) is 0 Å². The third kappa shape index (κ3) is 15.8. The number of allylic oxidation sites excluding steroid dienone is 2. The number of unbranched alkanes of at least 4 members (excludes halogenated alkanes) is 1. The number of aldehydes is 2. The Morgan fingerprint density at radius 3 is 2.13 bits per heavy atom. The molecule has 0 aromatic rings. The predicted molar refractivity (Wildman–Crippen MR) is 61.7 cm³/mol. The van der Waals surface area contributed by atoms with Gasteiger partial charge in [-0.3, -0.25) is 4.79 Å². The first-order valence-electron chi connectivity index (χ1n) is 5.38. The van der Waals surface area contributed by atoms with Crippen molar-refractivity contribution in [3.05, 3.63) is 11.6 Å². The van der Waals surface area contributed by atoms with Gasteiger partial charge in [-0.15, -0.1) is 0 Å². The highest BCUT2D eigenvalue weighted by Gasteiger charge is 1.87. The Morgan fingerprint density at radius 2 is 1.93 bits per heavy atom. The SMILES string of the molecule is CC(O)CC=O.CCC/C=C(/C=O)CC. The monoisotopic (exact) mass is 214 g/mol. The lowest BCUT2D eigenvalue weighted by Crippen LogP contribution is -1.97. The molecule has 0 saturated carbocycles. The minimum Gasteiger partial charge on any atom is -0.393 e. The summed E-state index contributed by atoms with van der Waals surface area (Å²) >= 11 is 0. The Hall–Kier alpha value is -0.960. The number of aliphatic hydroxyl groups excluding tert-OH is 1. The van der Waals surface area contributed by atoms with E-state index in [9.17, 15) is 9.59 Å². The second-order valence-corrected chi connectivity index (χ2v) is 3.29. The van der Waals surface area contributed by atoms with E-state index in [0.717, 1.165) is 31.1 Å². The molecule has 0 radical (unpaired) electrons. The summed E-state index contributed by atoms with van der Waals surface area (Å²) in [6.45, 7) is 5.68. The Balaban J connectivity index is 0. The Bertz CT molecular complexity index is 183. The standard InChI is InChI=1S/C8H14O.C4H8O2/c1-3-5-6-8(4-2)7-9;1-4(6)2-3-5/h6-7H,3-5H2,1-2H3;3-4,6H,2H2,1H3/b8-6+;. The van der Waals surface area contributed by atoms with E-state index in [0.29, 0.717) is 6.29 Å². The Labute approximate surface area is 92.2 Å². The quantitative estimate of drug-likeness (QED) is 0.545. The van der Waals surface area contributed by atoms with Gasteiger partial charge in [0.05, 0.1) is 6.10 Å². The van der Waals surface area contributed by atoms with Crippen LogP contribution < -0.4 is 0 Å². The van der Waals surface area contributed by atoms with Gasteiger partial charge in [-0.25, -0.2) is 0 Å². The molecule has 1 unspecified atom stereocenters. The molecule has 0 fully saturated rings. The van der Waals surface area contributed by atoms with Gasteiger partial charge in [-0.05, 0) is 25.3 Å². The number of hydrogen-bond donors (Lipinski definition) is 1. The first-order chi connectivity index (χ1) is 7.12. The largest absolute Gasteiger partial charge is 0.393 e. The topological polar surface area (TPSA) is 54.4 Å². The summed E-state index contributed by atoms with van der Waals surface area (Å²) in [6, 6.07) is 0. The summed E-state index contributed by atoms with van der Waals surface area (Å²) in [5.74, 6) is 0. The normalized spacial score (nSPS) is 12.4. The third-order valence-electron chi connectivity index (χ3n) is 1.69. The molecular formula is C12H22O3. The average molecular weight is 214 g/mol. The molecule has 0 saturated heterocycles. The number of rotatable bonds is 6. The zero-order valence-corrected chi connectivity index (χ0v) is 9.90. The molecule has 0 amide bonds. The van der Waals surface area contributed by atoms with E-state index in [1.165, 1.54) is 0 Å². The first-order valence-corrected chi connectivity index (χ1v) is 5.38. The molecule has 1 atom stereocenters. The van der Waals surface area contributed by atoms with Crippen LogP contribution in [0.1, 0.15) is 46.5 Å². The predicted octanol–water partition coefficient (Wildman–Crippen LogP) is 2.28. The highest BCUT2D eigenvalue weighted by atomic mass is 16.3. The minimum absolute atomic E-state index is 0.250. The van der Waals surface area contributed by atoms with Crippen molar-refractivity contribution in [3.63, 3.8) is 0 Å². The lowest BCUT2D eigenvalue weighted by atomic mass is 10.2. The van der Waals surface area contributed by atoms with Gasteiger partial charge in [0.2, 0.25) is 0 Å². The Kier molecular flexibility index (Phi) is 14.3. The lowest BCUT2D eigenvalue weighted by Gasteiger charge is -1.90. The van der Waals surface area contributed by atoms with E-state index < -0.39 is 6.10 Å². The maximum Gasteiger partial charge on any atom is 0.145 e. The molecule has 88 valence electrons. The summed E-state index contributed by atoms with van der Waals surface area (Å²) in [7, 11) is 0. The van der Waals surface area contributed by atoms with E-state index in [-0.39, 0.29) is 6.42 Å². The van der Waals surface area contributed by atoms with Gasteiger partial charge >= 0.3 is 0 Å². The van der Waals surface area contributed by atoms with Gasteiger partial charge in [0.1, 0.15) is 12.6 Å². The van der Waals surface area contributed by atoms with E-state index in [2.05, 4.69) is 6.92 Å². The van der Waals surface area contributed by atoms with Gasteiger partial charge in [0.25, 0.3) is 0 Å². The highest BCUT2D eigenvalue weighted by molar-refractivity contribution is 5.72. The molecule has 0 aromatic carbocycles. The van der Waals surface area contributed by atoms with Crippen molar-refractivity contribution in [1.29, 1.82) is 0 Å². The van der Waals surface area contributed by atoms with Crippen molar-refractivity contribution in [2.24, 2.45) is 0 Å². The maximum atomic E-state index is 10.2. The number of aliphatic hydroxyl groups is 1. The van der Waals surface area contributed by atoms with Gasteiger partial charge in [0.15, 0.2) is 0 Å². The maximum absolute atomic E-state index is 10.2. The van der Waals surface area contributed by atoms with Gasteiger partial charge in [-0.1, -0.05) is 26.3 Å². The van der Waals surface area contributed by atoms with E-state index in [4.69, 9.17) is 5.11 Å². The molecule has 0 spiro atoms. The van der Waals surface area contributed by atoms with Crippen LogP contribution in [-0.4, -0.2) is 23.8 Å². The van der Waals surface area contributed by atoms with Gasteiger partial charge in [-0.2, -0.15) is 0 Å². The van der Waals surface area contributed by atoms with Crippen molar-refractivity contribution in [2.45, 2.75) is 52.6 Å². The van der Waals surface area contributed by atoms with Crippen LogP contribution in [0.25, 0.3) is 0 Å². The van der Waals surface area contributed by atoms with Gasteiger partial charge in [0, 0.05) is 6.42 Å². The molecule has 0 rings (SSSR count). The highest BCUT2D eigenvalue weighted by Crippen LogP contribution is 1.99. The summed E-state index contributed by atoms with van der Waals surface area (Å²) in [5, 5.41) is 8.32. The fraction of sp³-hybridized carbons (Fsp3) is 0.667. The number of carbonyl (C=O) groups excluding carboxylic acids is 2. The molecule has 15 heavy (non-hydrogen) atoms. The van der Waals surface area contributed by atoms with E-state index in [1.54, 1.807) is 6.92 Å². The minimum atomic E-state index is -0.470. The van der Waals surface area contributed by atoms with Crippen LogP contribution in [0.3, 0.4) is 0 Å². The van der Waals surface area contributed by atoms with E-state index in [1.807, 2.05) is 13.0 Å². The van der Waals surface area contributed by atoms with Crippen LogP contribution >= 0.6 is 0 Å². The zero-order chi connectivity index (χ0) is 12.1. The molecule has 1 N–H and O–H groups in total. The molecular weight excluding hydrogens is 192 g/mol. The van der Waals surface area contributed by atoms with Crippen LogP contribution in [0.2, 0.25) is 0 Å². The molecule has 0 aliphatic heterocycles. The molecule has 0 aliphatic carbocycles. The molecule has 0 heterocycles. The third-order valence-corrected chi connectivity index (χ3v) is 1.69. The molecule has 0 bridgehead atoms. The van der Waals surface area contributed by atoms with Crippen molar-refractivity contribution < 1.29 is 14.7 Å². The van der Waals surface area contributed by atoms with Crippen molar-refractivity contribution in [1.82, 2.24) is 0 Å². The molecule has 3 heteroatoms. The zero-order valence-electron chi connectivity index (χ0n) is 9.90. The number of carbonyl (C=O) groups is 2. The summed E-state index contributed by atoms with van der Waals surface area (Å²) < 4.78 is 0. The van der Waals surface area contributed by atoms with Crippen molar-refractivity contribution in [2.75, 3.05) is 0 Å². The molecule has 3 nitrogen and oxygen atoms in total. The Morgan fingerprint density at radius 1 is 1.33 bits per heavy atom. The molecule has 0 aromatic heterocycles. The van der Waals surface area contributed by atoms with Crippen LogP contribution in [-0.2, 0) is 9.59 Å². The fourth-order valence-electron chi connectivity index (χ4n) is 0.745.